The number of amides is 3. The van der Waals surface area contributed by atoms with Crippen molar-refractivity contribution in [3.05, 3.63) is 46.5 Å². The molecule has 5 aliphatic rings. The number of hydrogen-bond acceptors (Lipinski definition) is 7. The summed E-state index contributed by atoms with van der Waals surface area (Å²) < 4.78 is 6.16. The largest absolute Gasteiger partial charge is 0.423 e. The van der Waals surface area contributed by atoms with Crippen molar-refractivity contribution in [2.45, 2.75) is 50.9 Å². The number of nitrogens with zero attached hydrogens (tertiary/aromatic N) is 2. The number of anilines is 1. The SMILES string of the molecule is CC(=O)Nc1nc2cc(-c3ccc(C=C4SC(=O)NC4=O)cn3)cc(C34CC5CC(CC(C5)C3)C4)c2o1. The van der Waals surface area contributed by atoms with Gasteiger partial charge in [0.1, 0.15) is 5.52 Å². The van der Waals surface area contributed by atoms with Crippen LogP contribution in [0.1, 0.15) is 56.6 Å². The second-order valence-corrected chi connectivity index (χ2v) is 12.1. The van der Waals surface area contributed by atoms with E-state index in [1.807, 2.05) is 18.2 Å². The molecule has 8 rings (SSSR count). The predicted molar refractivity (Wildman–Crippen MR) is 141 cm³/mol. The first-order valence-corrected chi connectivity index (χ1v) is 13.6. The van der Waals surface area contributed by atoms with Crippen LogP contribution in [0.4, 0.5) is 10.8 Å². The van der Waals surface area contributed by atoms with Gasteiger partial charge in [0.2, 0.25) is 5.91 Å². The van der Waals surface area contributed by atoms with Crippen LogP contribution in [0.5, 0.6) is 0 Å². The van der Waals surface area contributed by atoms with Gasteiger partial charge in [-0.25, -0.2) is 0 Å². The minimum absolute atomic E-state index is 0.0694. The van der Waals surface area contributed by atoms with Crippen LogP contribution in [0.3, 0.4) is 0 Å². The lowest BCUT2D eigenvalue weighted by Crippen LogP contribution is -2.48. The molecule has 3 heterocycles. The fourth-order valence-electron chi connectivity index (χ4n) is 7.45. The fraction of sp³-hybridized carbons (Fsp3) is 0.393. The Morgan fingerprint density at radius 3 is 2.46 bits per heavy atom. The van der Waals surface area contributed by atoms with Crippen LogP contribution in [0, 0.1) is 17.8 Å². The number of aromatic nitrogens is 2. The van der Waals surface area contributed by atoms with E-state index in [1.165, 1.54) is 51.0 Å². The molecule has 0 unspecified atom stereocenters. The summed E-state index contributed by atoms with van der Waals surface area (Å²) in [6.07, 6.45) is 10.9. The normalized spacial score (nSPS) is 29.3. The number of thioether (sulfide) groups is 1. The highest BCUT2D eigenvalue weighted by Crippen LogP contribution is 2.61. The topological polar surface area (TPSA) is 114 Å². The number of nitrogens with one attached hydrogen (secondary N) is 2. The molecule has 4 saturated carbocycles. The summed E-state index contributed by atoms with van der Waals surface area (Å²) >= 11 is 0.891. The maximum absolute atomic E-state index is 11.9. The molecule has 4 aliphatic carbocycles. The third-order valence-electron chi connectivity index (χ3n) is 8.40. The Morgan fingerprint density at radius 2 is 1.86 bits per heavy atom. The number of benzene rings is 1. The standard InChI is InChI=1S/C28H26N4O4S/c1-14(33)30-26-31-22-9-19(21-3-2-15(13-29-21)7-23-25(34)32-27(35)37-23)8-20(24(22)36-26)28-10-16-4-17(11-28)6-18(5-16)12-28/h2-3,7-9,13,16-18H,4-6,10-12H2,1H3,(H,30,31,33)(H,32,34,35). The third kappa shape index (κ3) is 3.96. The van der Waals surface area contributed by atoms with Crippen LogP contribution in [0.25, 0.3) is 28.4 Å². The molecule has 0 radical (unpaired) electrons. The number of carbonyl (C=O) groups excluding carboxylic acids is 3. The van der Waals surface area contributed by atoms with Crippen LogP contribution in [-0.2, 0) is 15.0 Å². The molecule has 4 bridgehead atoms. The number of fused-ring (bicyclic) bond motifs is 1. The minimum Gasteiger partial charge on any atom is -0.423 e. The van der Waals surface area contributed by atoms with E-state index >= 15 is 0 Å². The molecular formula is C28H26N4O4S. The van der Waals surface area contributed by atoms with E-state index in [4.69, 9.17) is 4.42 Å². The highest BCUT2D eigenvalue weighted by atomic mass is 32.2. The summed E-state index contributed by atoms with van der Waals surface area (Å²) in [6, 6.07) is 8.23. The lowest BCUT2D eigenvalue weighted by Gasteiger charge is -2.57. The highest BCUT2D eigenvalue weighted by Gasteiger charge is 2.52. The van der Waals surface area contributed by atoms with Gasteiger partial charge in [-0.1, -0.05) is 6.07 Å². The zero-order valence-electron chi connectivity index (χ0n) is 20.4. The molecular weight excluding hydrogens is 488 g/mol. The Bertz CT molecular complexity index is 1470. The van der Waals surface area contributed by atoms with E-state index in [2.05, 4.69) is 26.7 Å². The Morgan fingerprint density at radius 1 is 1.14 bits per heavy atom. The molecule has 1 aromatic carbocycles. The number of rotatable bonds is 4. The van der Waals surface area contributed by atoms with Gasteiger partial charge in [-0.2, -0.15) is 4.98 Å². The molecule has 2 N–H and O–H groups in total. The maximum Gasteiger partial charge on any atom is 0.302 e. The number of oxazole rings is 1. The first-order valence-electron chi connectivity index (χ1n) is 12.8. The molecule has 3 aromatic rings. The van der Waals surface area contributed by atoms with Crippen LogP contribution >= 0.6 is 11.8 Å². The van der Waals surface area contributed by atoms with E-state index in [0.29, 0.717) is 4.91 Å². The van der Waals surface area contributed by atoms with Gasteiger partial charge in [0.25, 0.3) is 11.1 Å². The zero-order valence-corrected chi connectivity index (χ0v) is 21.2. The van der Waals surface area contributed by atoms with Crippen LogP contribution in [-0.4, -0.2) is 27.0 Å². The Balaban J connectivity index is 1.31. The first-order chi connectivity index (χ1) is 17.8. The van der Waals surface area contributed by atoms with Gasteiger partial charge in [-0.3, -0.25) is 30.0 Å². The van der Waals surface area contributed by atoms with Crippen molar-refractivity contribution in [2.75, 3.05) is 5.32 Å². The van der Waals surface area contributed by atoms with E-state index in [-0.39, 0.29) is 28.5 Å². The van der Waals surface area contributed by atoms with Crippen molar-refractivity contribution in [2.24, 2.45) is 17.8 Å². The van der Waals surface area contributed by atoms with Gasteiger partial charge in [-0.15, -0.1) is 0 Å². The zero-order chi connectivity index (χ0) is 25.3. The maximum atomic E-state index is 11.9. The van der Waals surface area contributed by atoms with Gasteiger partial charge >= 0.3 is 6.01 Å². The molecule has 3 amide bonds. The molecule has 1 aliphatic heterocycles. The lowest BCUT2D eigenvalue weighted by atomic mass is 9.48. The second kappa shape index (κ2) is 8.28. The molecule has 9 heteroatoms. The van der Waals surface area contributed by atoms with E-state index in [1.54, 1.807) is 12.3 Å². The summed E-state index contributed by atoms with van der Waals surface area (Å²) in [4.78, 5) is 44.7. The van der Waals surface area contributed by atoms with Crippen LogP contribution in [0.2, 0.25) is 0 Å². The smallest absolute Gasteiger partial charge is 0.302 e. The molecule has 5 fully saturated rings. The van der Waals surface area contributed by atoms with Gasteiger partial charge in [0, 0.05) is 24.2 Å². The molecule has 0 spiro atoms. The first kappa shape index (κ1) is 22.7. The Labute approximate surface area is 217 Å². The highest BCUT2D eigenvalue weighted by molar-refractivity contribution is 8.18. The van der Waals surface area contributed by atoms with Gasteiger partial charge in [-0.05, 0) is 103 Å². The molecule has 188 valence electrons. The summed E-state index contributed by atoms with van der Waals surface area (Å²) in [6.45, 7) is 1.45. The van der Waals surface area contributed by atoms with Crippen LogP contribution < -0.4 is 10.6 Å². The van der Waals surface area contributed by atoms with Crippen molar-refractivity contribution in [3.63, 3.8) is 0 Å². The van der Waals surface area contributed by atoms with Crippen LogP contribution in [0.15, 0.2) is 39.8 Å². The number of pyridine rings is 1. The van der Waals surface area contributed by atoms with Crippen molar-refractivity contribution in [3.8, 4) is 11.3 Å². The third-order valence-corrected chi connectivity index (χ3v) is 9.22. The van der Waals surface area contributed by atoms with E-state index in [9.17, 15) is 14.4 Å². The average molecular weight is 515 g/mol. The Kier molecular flexibility index (Phi) is 5.08. The van der Waals surface area contributed by atoms with E-state index in [0.717, 1.165) is 57.4 Å². The molecule has 1 saturated heterocycles. The van der Waals surface area contributed by atoms with Gasteiger partial charge in [0.15, 0.2) is 5.58 Å². The lowest BCUT2D eigenvalue weighted by molar-refractivity contribution is -0.115. The van der Waals surface area contributed by atoms with Crippen molar-refractivity contribution in [1.82, 2.24) is 15.3 Å². The molecule has 2 aromatic heterocycles. The summed E-state index contributed by atoms with van der Waals surface area (Å²) in [5.41, 5.74) is 5.23. The predicted octanol–water partition coefficient (Wildman–Crippen LogP) is 5.64. The van der Waals surface area contributed by atoms with Gasteiger partial charge in [0.05, 0.1) is 10.6 Å². The number of imide groups is 1. The van der Waals surface area contributed by atoms with E-state index < -0.39 is 0 Å². The number of carbonyl (C=O) groups is 3. The monoisotopic (exact) mass is 514 g/mol. The Hall–Kier alpha value is -3.46. The van der Waals surface area contributed by atoms with Crippen molar-refractivity contribution >= 4 is 52.0 Å². The summed E-state index contributed by atoms with van der Waals surface area (Å²) in [5, 5.41) is 4.61. The summed E-state index contributed by atoms with van der Waals surface area (Å²) in [7, 11) is 0. The molecule has 0 atom stereocenters. The fourth-order valence-corrected chi connectivity index (χ4v) is 8.14. The quantitative estimate of drug-likeness (QED) is 0.433. The van der Waals surface area contributed by atoms with Gasteiger partial charge < -0.3 is 4.42 Å². The average Bonchev–Trinajstić information content (AvgIpc) is 3.38. The number of hydrogen-bond donors (Lipinski definition) is 2. The molecule has 37 heavy (non-hydrogen) atoms. The van der Waals surface area contributed by atoms with Crippen molar-refractivity contribution < 1.29 is 18.8 Å². The molecule has 8 nitrogen and oxygen atoms in total. The second-order valence-electron chi connectivity index (χ2n) is 11.1. The van der Waals surface area contributed by atoms with Crippen molar-refractivity contribution in [1.29, 1.82) is 0 Å². The minimum atomic E-state index is -0.384. The summed E-state index contributed by atoms with van der Waals surface area (Å²) in [5.74, 6) is 1.71.